The zero-order valence-corrected chi connectivity index (χ0v) is 18.9. The number of rotatable bonds is 8. The summed E-state index contributed by atoms with van der Waals surface area (Å²) in [7, 11) is 0. The molecule has 2 atom stereocenters. The number of ether oxygens (including phenoxy) is 2. The highest BCUT2D eigenvalue weighted by Gasteiger charge is 2.45. The van der Waals surface area contributed by atoms with E-state index in [-0.39, 0.29) is 17.4 Å². The first kappa shape index (κ1) is 22.8. The molecule has 1 saturated carbocycles. The first-order valence-corrected chi connectivity index (χ1v) is 12.3. The summed E-state index contributed by atoms with van der Waals surface area (Å²) in [6.07, 6.45) is 7.65. The van der Waals surface area contributed by atoms with Gasteiger partial charge in [-0.05, 0) is 44.2 Å². The van der Waals surface area contributed by atoms with Gasteiger partial charge in [-0.25, -0.2) is 9.59 Å². The van der Waals surface area contributed by atoms with E-state index in [1.165, 1.54) is 19.3 Å². The Kier molecular flexibility index (Phi) is 8.73. The molecule has 0 aromatic heterocycles. The molecule has 1 saturated heterocycles. The van der Waals surface area contributed by atoms with Crippen LogP contribution in [-0.4, -0.2) is 47.3 Å². The van der Waals surface area contributed by atoms with Crippen molar-refractivity contribution < 1.29 is 19.1 Å². The number of nitrogens with one attached hydrogen (secondary N) is 1. The summed E-state index contributed by atoms with van der Waals surface area (Å²) in [5.41, 5.74) is 0.627. The molecule has 1 aliphatic carbocycles. The Balaban J connectivity index is 1.78. The van der Waals surface area contributed by atoms with Crippen LogP contribution in [0.15, 0.2) is 24.3 Å². The number of hydrogen-bond acceptors (Lipinski definition) is 5. The Morgan fingerprint density at radius 3 is 2.67 bits per heavy atom. The second-order valence-electron chi connectivity index (χ2n) is 7.93. The van der Waals surface area contributed by atoms with Crippen LogP contribution >= 0.6 is 11.8 Å². The number of benzene rings is 1. The van der Waals surface area contributed by atoms with Crippen molar-refractivity contribution in [2.45, 2.75) is 70.2 Å². The van der Waals surface area contributed by atoms with Gasteiger partial charge in [0, 0.05) is 5.75 Å². The van der Waals surface area contributed by atoms with E-state index in [0.29, 0.717) is 36.3 Å². The summed E-state index contributed by atoms with van der Waals surface area (Å²) in [5, 5.41) is 3.01. The van der Waals surface area contributed by atoms with Crippen LogP contribution in [0.1, 0.15) is 58.8 Å². The number of anilines is 1. The summed E-state index contributed by atoms with van der Waals surface area (Å²) >= 11 is 1.72. The molecule has 1 heterocycles. The number of thioether (sulfide) groups is 1. The molecule has 2 amide bonds. The first-order chi connectivity index (χ1) is 14.7. The summed E-state index contributed by atoms with van der Waals surface area (Å²) in [5.74, 6) is 1.36. The van der Waals surface area contributed by atoms with E-state index in [9.17, 15) is 9.59 Å². The first-order valence-electron chi connectivity index (χ1n) is 11.2. The highest BCUT2D eigenvalue weighted by molar-refractivity contribution is 8.00. The monoisotopic (exact) mass is 434 g/mol. The summed E-state index contributed by atoms with van der Waals surface area (Å²) in [4.78, 5) is 28.0. The second-order valence-corrected chi connectivity index (χ2v) is 9.08. The molecule has 0 radical (unpaired) electrons. The molecule has 2 aliphatic rings. The van der Waals surface area contributed by atoms with E-state index < -0.39 is 6.04 Å². The third-order valence-corrected chi connectivity index (χ3v) is 7.23. The van der Waals surface area contributed by atoms with E-state index in [1.807, 2.05) is 31.2 Å². The second kappa shape index (κ2) is 11.5. The predicted octanol–water partition coefficient (Wildman–Crippen LogP) is 5.28. The average Bonchev–Trinajstić information content (AvgIpc) is 3.21. The van der Waals surface area contributed by atoms with Gasteiger partial charge >= 0.3 is 12.0 Å². The number of carbonyl (C=O) groups is 2. The quantitative estimate of drug-likeness (QED) is 0.445. The Hall–Kier alpha value is -1.89. The maximum atomic E-state index is 13.4. The van der Waals surface area contributed by atoms with Crippen molar-refractivity contribution in [2.24, 2.45) is 5.92 Å². The van der Waals surface area contributed by atoms with Crippen molar-refractivity contribution in [3.05, 3.63) is 24.3 Å². The zero-order chi connectivity index (χ0) is 21.3. The topological polar surface area (TPSA) is 67.9 Å². The predicted molar refractivity (Wildman–Crippen MR) is 121 cm³/mol. The smallest absolute Gasteiger partial charge is 0.329 e. The molecule has 7 heteroatoms. The molecule has 1 N–H and O–H groups in total. The number of nitrogens with zero attached hydrogens (tertiary/aromatic N) is 1. The Bertz CT molecular complexity index is 708. The molecule has 2 unspecified atom stereocenters. The number of para-hydroxylation sites is 2. The maximum Gasteiger partial charge on any atom is 0.329 e. The largest absolute Gasteiger partial charge is 0.492 e. The van der Waals surface area contributed by atoms with Crippen LogP contribution < -0.4 is 10.1 Å². The SMILES string of the molecule is CCCCOC(=O)C1CSC(C2CCCCC2)N1C(=O)Nc1ccccc1OCC. The van der Waals surface area contributed by atoms with Crippen molar-refractivity contribution in [3.63, 3.8) is 0 Å². The van der Waals surface area contributed by atoms with Crippen LogP contribution in [0.5, 0.6) is 5.75 Å². The lowest BCUT2D eigenvalue weighted by atomic mass is 9.88. The zero-order valence-electron chi connectivity index (χ0n) is 18.1. The van der Waals surface area contributed by atoms with E-state index in [1.54, 1.807) is 16.7 Å². The molecule has 0 spiro atoms. The normalized spacial score (nSPS) is 22.0. The van der Waals surface area contributed by atoms with Gasteiger partial charge in [-0.3, -0.25) is 4.90 Å². The Morgan fingerprint density at radius 2 is 1.93 bits per heavy atom. The lowest BCUT2D eigenvalue weighted by Gasteiger charge is -2.35. The van der Waals surface area contributed by atoms with E-state index in [0.717, 1.165) is 25.7 Å². The molecule has 166 valence electrons. The Morgan fingerprint density at radius 1 is 1.17 bits per heavy atom. The van der Waals surface area contributed by atoms with Gasteiger partial charge in [0.05, 0.1) is 24.3 Å². The Labute approximate surface area is 184 Å². The molecule has 2 fully saturated rings. The lowest BCUT2D eigenvalue weighted by Crippen LogP contribution is -2.50. The van der Waals surface area contributed by atoms with Crippen LogP contribution in [0.3, 0.4) is 0 Å². The number of carbonyl (C=O) groups excluding carboxylic acids is 2. The van der Waals surface area contributed by atoms with Gasteiger partial charge < -0.3 is 14.8 Å². The fraction of sp³-hybridized carbons (Fsp3) is 0.652. The summed E-state index contributed by atoms with van der Waals surface area (Å²) < 4.78 is 11.1. The third kappa shape index (κ3) is 5.62. The van der Waals surface area contributed by atoms with Crippen molar-refractivity contribution >= 4 is 29.4 Å². The highest BCUT2D eigenvalue weighted by Crippen LogP contribution is 2.41. The van der Waals surface area contributed by atoms with E-state index in [4.69, 9.17) is 9.47 Å². The van der Waals surface area contributed by atoms with Gasteiger partial charge in [0.2, 0.25) is 0 Å². The lowest BCUT2D eigenvalue weighted by molar-refractivity contribution is -0.148. The number of unbranched alkanes of at least 4 members (excludes halogenated alkanes) is 1. The number of esters is 1. The van der Waals surface area contributed by atoms with Crippen molar-refractivity contribution in [3.8, 4) is 5.75 Å². The standard InChI is InChI=1S/C23H34N2O4S/c1-3-5-15-29-22(26)19-16-30-21(17-11-7-6-8-12-17)25(19)23(27)24-18-13-9-10-14-20(18)28-4-2/h9-10,13-14,17,19,21H,3-8,11-12,15-16H2,1-2H3,(H,24,27). The van der Waals surface area contributed by atoms with E-state index in [2.05, 4.69) is 12.2 Å². The average molecular weight is 435 g/mol. The molecule has 0 bridgehead atoms. The van der Waals surface area contributed by atoms with Crippen molar-refractivity contribution in [1.29, 1.82) is 0 Å². The van der Waals surface area contributed by atoms with E-state index >= 15 is 0 Å². The number of amides is 2. The number of hydrogen-bond donors (Lipinski definition) is 1. The molecular formula is C23H34N2O4S. The molecular weight excluding hydrogens is 400 g/mol. The molecule has 30 heavy (non-hydrogen) atoms. The van der Waals surface area contributed by atoms with Crippen LogP contribution in [-0.2, 0) is 9.53 Å². The van der Waals surface area contributed by atoms with Crippen LogP contribution in [0.2, 0.25) is 0 Å². The molecule has 1 aliphatic heterocycles. The molecule has 1 aromatic carbocycles. The van der Waals surface area contributed by atoms with Gasteiger partial charge in [0.1, 0.15) is 11.8 Å². The highest BCUT2D eigenvalue weighted by atomic mass is 32.2. The summed E-state index contributed by atoms with van der Waals surface area (Å²) in [6, 6.07) is 6.62. The third-order valence-electron chi connectivity index (χ3n) is 5.77. The van der Waals surface area contributed by atoms with Gasteiger partial charge in [0.15, 0.2) is 0 Å². The van der Waals surface area contributed by atoms with Crippen LogP contribution in [0, 0.1) is 5.92 Å². The molecule has 3 rings (SSSR count). The maximum absolute atomic E-state index is 13.4. The van der Waals surface area contributed by atoms with Crippen molar-refractivity contribution in [1.82, 2.24) is 4.90 Å². The van der Waals surface area contributed by atoms with Gasteiger partial charge in [0.25, 0.3) is 0 Å². The van der Waals surface area contributed by atoms with Gasteiger partial charge in [-0.15, -0.1) is 11.8 Å². The van der Waals surface area contributed by atoms with Crippen molar-refractivity contribution in [2.75, 3.05) is 24.3 Å². The van der Waals surface area contributed by atoms with Crippen LogP contribution in [0.25, 0.3) is 0 Å². The van der Waals surface area contributed by atoms with Crippen LogP contribution in [0.4, 0.5) is 10.5 Å². The minimum atomic E-state index is -0.543. The molecule has 6 nitrogen and oxygen atoms in total. The van der Waals surface area contributed by atoms with Gasteiger partial charge in [-0.2, -0.15) is 0 Å². The minimum absolute atomic E-state index is 0.00767. The summed E-state index contributed by atoms with van der Waals surface area (Å²) in [6.45, 7) is 4.90. The molecule has 1 aromatic rings. The fourth-order valence-corrected chi connectivity index (χ4v) is 5.82. The number of urea groups is 1. The fourth-order valence-electron chi connectivity index (χ4n) is 4.19. The van der Waals surface area contributed by atoms with Gasteiger partial charge in [-0.1, -0.05) is 44.7 Å². The minimum Gasteiger partial charge on any atom is -0.492 e.